The molecule has 1 aliphatic heterocycles. The van der Waals surface area contributed by atoms with Gasteiger partial charge in [0, 0.05) is 52.0 Å². The predicted molar refractivity (Wildman–Crippen MR) is 135 cm³/mol. The highest BCUT2D eigenvalue weighted by molar-refractivity contribution is 5.68. The van der Waals surface area contributed by atoms with Crippen LogP contribution in [0.3, 0.4) is 0 Å². The number of nitriles is 1. The number of rotatable bonds is 7. The van der Waals surface area contributed by atoms with Gasteiger partial charge in [-0.15, -0.1) is 0 Å². The SMILES string of the molecule is Cc1ncc(-c2ccnc(CC#N)c2)nc1-c1cc(-c2ccc(CNC3CCOCC3)cc2)no1.[HH].[HH]. The van der Waals surface area contributed by atoms with Crippen LogP contribution in [-0.2, 0) is 17.7 Å². The first kappa shape index (κ1) is 22.8. The zero-order valence-electron chi connectivity index (χ0n) is 19.6. The lowest BCUT2D eigenvalue weighted by molar-refractivity contribution is 0.0776. The van der Waals surface area contributed by atoms with E-state index < -0.39 is 0 Å². The van der Waals surface area contributed by atoms with Crippen molar-refractivity contribution in [3.8, 4) is 40.0 Å². The van der Waals surface area contributed by atoms with Gasteiger partial charge in [-0.1, -0.05) is 29.4 Å². The van der Waals surface area contributed by atoms with Gasteiger partial charge in [-0.25, -0.2) is 4.98 Å². The summed E-state index contributed by atoms with van der Waals surface area (Å²) in [7, 11) is 0. The Kier molecular flexibility index (Phi) is 6.89. The molecule has 5 rings (SSSR count). The zero-order valence-corrected chi connectivity index (χ0v) is 19.6. The summed E-state index contributed by atoms with van der Waals surface area (Å²) < 4.78 is 11.1. The zero-order chi connectivity index (χ0) is 24.0. The summed E-state index contributed by atoms with van der Waals surface area (Å²) in [4.78, 5) is 13.5. The number of benzene rings is 1. The fourth-order valence-electron chi connectivity index (χ4n) is 4.12. The Balaban J connectivity index is 0.00000190. The molecule has 1 N–H and O–H groups in total. The molecular formula is C27H30N6O2. The third-order valence-electron chi connectivity index (χ3n) is 6.14. The molecule has 180 valence electrons. The third kappa shape index (κ3) is 5.43. The van der Waals surface area contributed by atoms with E-state index in [2.05, 4.69) is 50.8 Å². The van der Waals surface area contributed by atoms with Gasteiger partial charge in [0.1, 0.15) is 11.4 Å². The van der Waals surface area contributed by atoms with E-state index in [1.807, 2.05) is 25.1 Å². The Morgan fingerprint density at radius 2 is 1.89 bits per heavy atom. The largest absolute Gasteiger partial charge is 0.381 e. The molecule has 1 saturated heterocycles. The Morgan fingerprint density at radius 1 is 1.06 bits per heavy atom. The normalized spacial score (nSPS) is 14.1. The summed E-state index contributed by atoms with van der Waals surface area (Å²) in [5.74, 6) is 0.559. The molecule has 0 radical (unpaired) electrons. The summed E-state index contributed by atoms with van der Waals surface area (Å²) in [6, 6.07) is 16.6. The lowest BCUT2D eigenvalue weighted by Gasteiger charge is -2.23. The van der Waals surface area contributed by atoms with Crippen molar-refractivity contribution in [3.63, 3.8) is 0 Å². The van der Waals surface area contributed by atoms with Gasteiger partial charge < -0.3 is 14.6 Å². The first-order valence-corrected chi connectivity index (χ1v) is 11.7. The molecule has 1 aliphatic rings. The minimum Gasteiger partial charge on any atom is -0.381 e. The minimum atomic E-state index is 0. The maximum atomic E-state index is 8.96. The maximum Gasteiger partial charge on any atom is 0.187 e. The van der Waals surface area contributed by atoms with E-state index in [1.54, 1.807) is 12.4 Å². The van der Waals surface area contributed by atoms with Crippen LogP contribution in [0.5, 0.6) is 0 Å². The smallest absolute Gasteiger partial charge is 0.187 e. The molecule has 8 nitrogen and oxygen atoms in total. The van der Waals surface area contributed by atoms with Gasteiger partial charge in [-0.3, -0.25) is 9.97 Å². The molecule has 4 heterocycles. The first-order chi connectivity index (χ1) is 17.2. The molecule has 1 aromatic carbocycles. The van der Waals surface area contributed by atoms with E-state index in [9.17, 15) is 0 Å². The molecule has 0 aliphatic carbocycles. The van der Waals surface area contributed by atoms with E-state index in [0.717, 1.165) is 55.1 Å². The molecule has 35 heavy (non-hydrogen) atoms. The van der Waals surface area contributed by atoms with Crippen molar-refractivity contribution in [1.82, 2.24) is 25.4 Å². The maximum absolute atomic E-state index is 8.96. The molecule has 0 bridgehead atoms. The Morgan fingerprint density at radius 3 is 2.69 bits per heavy atom. The fourth-order valence-corrected chi connectivity index (χ4v) is 4.12. The van der Waals surface area contributed by atoms with Crippen LogP contribution in [-0.4, -0.2) is 39.4 Å². The number of hydrogen-bond donors (Lipinski definition) is 1. The second-order valence-electron chi connectivity index (χ2n) is 8.60. The van der Waals surface area contributed by atoms with Crippen molar-refractivity contribution in [2.75, 3.05) is 13.2 Å². The van der Waals surface area contributed by atoms with Gasteiger partial charge in [0.15, 0.2) is 5.76 Å². The van der Waals surface area contributed by atoms with Gasteiger partial charge in [0.25, 0.3) is 0 Å². The standard InChI is InChI=1S/C27H26N6O2.2H2/c1-18-27(32-25(17-30-18)21-7-11-29-23(14-21)6-10-28)26-15-24(33-35-26)20-4-2-19(3-5-20)16-31-22-8-12-34-13-9-22;;/h2-5,7,11,14-15,17,22,31H,6,8-9,12-13,16H2,1H3;2*1H. The van der Waals surface area contributed by atoms with E-state index in [1.165, 1.54) is 5.56 Å². The monoisotopic (exact) mass is 470 g/mol. The van der Waals surface area contributed by atoms with Crippen molar-refractivity contribution >= 4 is 0 Å². The lowest BCUT2D eigenvalue weighted by Crippen LogP contribution is -2.34. The summed E-state index contributed by atoms with van der Waals surface area (Å²) >= 11 is 0. The van der Waals surface area contributed by atoms with Crippen LogP contribution in [0.2, 0.25) is 0 Å². The summed E-state index contributed by atoms with van der Waals surface area (Å²) in [6.45, 7) is 4.40. The Bertz CT molecular complexity index is 1350. The first-order valence-electron chi connectivity index (χ1n) is 11.7. The average Bonchev–Trinajstić information content (AvgIpc) is 3.39. The van der Waals surface area contributed by atoms with Crippen molar-refractivity contribution in [1.29, 1.82) is 5.26 Å². The number of pyridine rings is 1. The van der Waals surface area contributed by atoms with Gasteiger partial charge in [-0.05, 0) is 37.5 Å². The number of aryl methyl sites for hydroxylation is 1. The number of ether oxygens (including phenoxy) is 1. The molecule has 8 heteroatoms. The van der Waals surface area contributed by atoms with Crippen LogP contribution in [0, 0.1) is 18.3 Å². The third-order valence-corrected chi connectivity index (χ3v) is 6.14. The summed E-state index contributed by atoms with van der Waals surface area (Å²) in [6.07, 6.45) is 5.76. The molecule has 0 saturated carbocycles. The highest BCUT2D eigenvalue weighted by atomic mass is 16.5. The van der Waals surface area contributed by atoms with E-state index in [4.69, 9.17) is 19.5 Å². The highest BCUT2D eigenvalue weighted by Gasteiger charge is 2.16. The van der Waals surface area contributed by atoms with Crippen LogP contribution < -0.4 is 5.32 Å². The van der Waals surface area contributed by atoms with Crippen LogP contribution >= 0.6 is 0 Å². The molecule has 0 atom stereocenters. The van der Waals surface area contributed by atoms with Crippen LogP contribution in [0.1, 0.15) is 32.6 Å². The second kappa shape index (κ2) is 10.6. The Hall–Kier alpha value is -3.93. The quantitative estimate of drug-likeness (QED) is 0.402. The lowest BCUT2D eigenvalue weighted by atomic mass is 10.1. The van der Waals surface area contributed by atoms with E-state index in [-0.39, 0.29) is 9.27 Å². The van der Waals surface area contributed by atoms with E-state index >= 15 is 0 Å². The van der Waals surface area contributed by atoms with Gasteiger partial charge >= 0.3 is 0 Å². The van der Waals surface area contributed by atoms with Crippen LogP contribution in [0.4, 0.5) is 0 Å². The molecule has 4 aromatic rings. The predicted octanol–water partition coefficient (Wildman–Crippen LogP) is 5.00. The number of hydrogen-bond acceptors (Lipinski definition) is 8. The Labute approximate surface area is 207 Å². The number of aromatic nitrogens is 4. The van der Waals surface area contributed by atoms with Crippen molar-refractivity contribution in [2.45, 2.75) is 38.8 Å². The van der Waals surface area contributed by atoms with Crippen LogP contribution in [0.15, 0.2) is 59.4 Å². The molecule has 0 spiro atoms. The van der Waals surface area contributed by atoms with Gasteiger partial charge in [0.2, 0.25) is 0 Å². The van der Waals surface area contributed by atoms with Crippen molar-refractivity contribution < 1.29 is 12.1 Å². The van der Waals surface area contributed by atoms with E-state index in [0.29, 0.717) is 28.9 Å². The highest BCUT2D eigenvalue weighted by Crippen LogP contribution is 2.28. The van der Waals surface area contributed by atoms with Crippen molar-refractivity contribution in [3.05, 3.63) is 71.8 Å². The fraction of sp³-hybridized carbons (Fsp3) is 0.296. The van der Waals surface area contributed by atoms with Crippen LogP contribution in [0.25, 0.3) is 34.0 Å². The topological polar surface area (TPSA) is 110 Å². The molecule has 1 fully saturated rings. The minimum absolute atomic E-state index is 0. The molecule has 3 aromatic heterocycles. The molecular weight excluding hydrogens is 440 g/mol. The second-order valence-corrected chi connectivity index (χ2v) is 8.60. The average molecular weight is 471 g/mol. The number of nitrogens with zero attached hydrogens (tertiary/aromatic N) is 5. The molecule has 0 unspecified atom stereocenters. The van der Waals surface area contributed by atoms with Gasteiger partial charge in [-0.2, -0.15) is 5.26 Å². The summed E-state index contributed by atoms with van der Waals surface area (Å²) in [5.41, 5.74) is 6.57. The van der Waals surface area contributed by atoms with Crippen molar-refractivity contribution in [2.24, 2.45) is 0 Å². The van der Waals surface area contributed by atoms with Gasteiger partial charge in [0.05, 0.1) is 35.8 Å². The number of nitrogens with one attached hydrogen (secondary N) is 1. The molecule has 0 amide bonds. The summed E-state index contributed by atoms with van der Waals surface area (Å²) in [5, 5.41) is 16.8.